The molecule has 1 heterocycles. The first kappa shape index (κ1) is 17.7. The Morgan fingerprint density at radius 3 is 2.57 bits per heavy atom. The van der Waals surface area contributed by atoms with Gasteiger partial charge in [0.1, 0.15) is 11.1 Å². The van der Waals surface area contributed by atoms with E-state index < -0.39 is 27.6 Å². The Balaban J connectivity index is 3.07. The van der Waals surface area contributed by atoms with Crippen molar-refractivity contribution in [3.05, 3.63) is 27.6 Å². The highest BCUT2D eigenvalue weighted by atomic mass is 35.5. The van der Waals surface area contributed by atoms with Crippen molar-refractivity contribution >= 4 is 27.6 Å². The van der Waals surface area contributed by atoms with Crippen LogP contribution in [0.25, 0.3) is 0 Å². The first-order chi connectivity index (χ1) is 9.67. The third-order valence-electron chi connectivity index (χ3n) is 2.63. The maximum Gasteiger partial charge on any atom is 0.323 e. The number of H-pyrrole nitrogens is 1. The van der Waals surface area contributed by atoms with E-state index >= 15 is 0 Å². The number of sulfonamides is 1. The predicted molar refractivity (Wildman–Crippen MR) is 77.7 cm³/mol. The van der Waals surface area contributed by atoms with Crippen LogP contribution in [0.15, 0.2) is 22.0 Å². The highest BCUT2D eigenvalue weighted by Gasteiger charge is 2.27. The van der Waals surface area contributed by atoms with Crippen LogP contribution >= 0.6 is 11.6 Å². The minimum atomic E-state index is -4.00. The fourth-order valence-corrected chi connectivity index (χ4v) is 3.08. The second-order valence-electron chi connectivity index (χ2n) is 4.84. The van der Waals surface area contributed by atoms with E-state index in [-0.39, 0.29) is 22.3 Å². The summed E-state index contributed by atoms with van der Waals surface area (Å²) in [6, 6.07) is 0.0117. The van der Waals surface area contributed by atoms with Crippen LogP contribution in [-0.4, -0.2) is 32.5 Å². The summed E-state index contributed by atoms with van der Waals surface area (Å²) in [5.74, 6) is -0.598. The van der Waals surface area contributed by atoms with Crippen LogP contribution in [0.5, 0.6) is 0 Å². The largest absolute Gasteiger partial charge is 0.468 e. The van der Waals surface area contributed by atoms with Gasteiger partial charge in [0.25, 0.3) is 5.56 Å². The van der Waals surface area contributed by atoms with Gasteiger partial charge in [0, 0.05) is 6.20 Å². The van der Waals surface area contributed by atoms with E-state index in [1.165, 1.54) is 7.11 Å². The summed E-state index contributed by atoms with van der Waals surface area (Å²) in [5.41, 5.74) is -0.595. The molecule has 0 aliphatic heterocycles. The molecule has 0 bridgehead atoms. The van der Waals surface area contributed by atoms with Crippen LogP contribution in [0.3, 0.4) is 0 Å². The molecule has 0 amide bonds. The smallest absolute Gasteiger partial charge is 0.323 e. The van der Waals surface area contributed by atoms with Gasteiger partial charge in [-0.15, -0.1) is 0 Å². The van der Waals surface area contributed by atoms with Crippen LogP contribution < -0.4 is 10.3 Å². The summed E-state index contributed by atoms with van der Waals surface area (Å²) >= 11 is 5.60. The van der Waals surface area contributed by atoms with Gasteiger partial charge in [-0.2, -0.15) is 4.72 Å². The maximum absolute atomic E-state index is 12.2. The zero-order valence-electron chi connectivity index (χ0n) is 11.8. The summed E-state index contributed by atoms with van der Waals surface area (Å²) in [6.07, 6.45) is 1.29. The lowest BCUT2D eigenvalue weighted by molar-refractivity contribution is -0.143. The molecule has 1 aromatic rings. The summed E-state index contributed by atoms with van der Waals surface area (Å²) in [6.45, 7) is 3.70. The molecule has 0 aliphatic rings. The topological polar surface area (TPSA) is 105 Å². The van der Waals surface area contributed by atoms with Gasteiger partial charge in [0.2, 0.25) is 10.0 Å². The number of aromatic amines is 1. The number of nitrogens with one attached hydrogen (secondary N) is 2. The van der Waals surface area contributed by atoms with Crippen LogP contribution in [-0.2, 0) is 19.6 Å². The lowest BCUT2D eigenvalue weighted by Crippen LogP contribution is -2.42. The van der Waals surface area contributed by atoms with Crippen molar-refractivity contribution in [2.45, 2.75) is 31.2 Å². The predicted octanol–water partition coefficient (Wildman–Crippen LogP) is 0.894. The lowest BCUT2D eigenvalue weighted by Gasteiger charge is -2.18. The molecule has 0 radical (unpaired) electrons. The number of halogens is 1. The first-order valence-electron chi connectivity index (χ1n) is 6.15. The minimum Gasteiger partial charge on any atom is -0.468 e. The van der Waals surface area contributed by atoms with Gasteiger partial charge in [-0.25, -0.2) is 8.42 Å². The molecule has 0 aliphatic carbocycles. The van der Waals surface area contributed by atoms with Crippen molar-refractivity contribution in [1.29, 1.82) is 0 Å². The van der Waals surface area contributed by atoms with Crippen LogP contribution in [0, 0.1) is 5.92 Å². The van der Waals surface area contributed by atoms with Crippen molar-refractivity contribution < 1.29 is 17.9 Å². The summed E-state index contributed by atoms with van der Waals surface area (Å²) < 4.78 is 31.3. The second-order valence-corrected chi connectivity index (χ2v) is 6.96. The van der Waals surface area contributed by atoms with Gasteiger partial charge in [-0.05, 0) is 18.4 Å². The van der Waals surface area contributed by atoms with Gasteiger partial charge in [0.05, 0.1) is 12.0 Å². The Labute approximate surface area is 127 Å². The number of methoxy groups -OCH3 is 1. The number of hydrogen-bond acceptors (Lipinski definition) is 5. The van der Waals surface area contributed by atoms with Gasteiger partial charge in [-0.3, -0.25) is 9.59 Å². The highest BCUT2D eigenvalue weighted by molar-refractivity contribution is 7.89. The summed E-state index contributed by atoms with van der Waals surface area (Å²) in [7, 11) is -2.82. The van der Waals surface area contributed by atoms with E-state index in [4.69, 9.17) is 11.6 Å². The molecule has 0 aromatic carbocycles. The Bertz CT molecular complexity index is 668. The fraction of sp³-hybridized carbons (Fsp3) is 0.500. The molecule has 1 aromatic heterocycles. The van der Waals surface area contributed by atoms with E-state index in [1.54, 1.807) is 0 Å². The molecule has 21 heavy (non-hydrogen) atoms. The third kappa shape index (κ3) is 4.83. The summed E-state index contributed by atoms with van der Waals surface area (Å²) in [5, 5.41) is -0.253. The van der Waals surface area contributed by atoms with Crippen molar-refractivity contribution in [3.63, 3.8) is 0 Å². The Morgan fingerprint density at radius 2 is 2.10 bits per heavy atom. The average molecular weight is 337 g/mol. The van der Waals surface area contributed by atoms with E-state index in [9.17, 15) is 18.0 Å². The highest BCUT2D eigenvalue weighted by Crippen LogP contribution is 2.14. The maximum atomic E-state index is 12.2. The monoisotopic (exact) mass is 336 g/mol. The number of hydrogen-bond donors (Lipinski definition) is 2. The SMILES string of the molecule is COC(=O)C(CC(C)C)NS(=O)(=O)c1c[nH]c(=O)c(Cl)c1. The van der Waals surface area contributed by atoms with Gasteiger partial charge < -0.3 is 9.72 Å². The molecular formula is C12H17ClN2O5S. The average Bonchev–Trinajstić information content (AvgIpc) is 2.39. The number of rotatable bonds is 6. The van der Waals surface area contributed by atoms with E-state index in [0.29, 0.717) is 0 Å². The zero-order valence-corrected chi connectivity index (χ0v) is 13.4. The Morgan fingerprint density at radius 1 is 1.48 bits per heavy atom. The number of pyridine rings is 1. The third-order valence-corrected chi connectivity index (χ3v) is 4.36. The molecule has 7 nitrogen and oxygen atoms in total. The number of carbonyl (C=O) groups excluding carboxylic acids is 1. The molecule has 1 rings (SSSR count). The normalized spacial score (nSPS) is 13.2. The second kappa shape index (κ2) is 7.06. The molecule has 1 unspecified atom stereocenters. The Kier molecular flexibility index (Phi) is 5.94. The fourth-order valence-electron chi connectivity index (χ4n) is 1.65. The first-order valence-corrected chi connectivity index (χ1v) is 8.02. The molecule has 118 valence electrons. The number of carbonyl (C=O) groups is 1. The molecule has 0 fully saturated rings. The van der Waals surface area contributed by atoms with Crippen LogP contribution in [0.4, 0.5) is 0 Å². The molecule has 9 heteroatoms. The standard InChI is InChI=1S/C12H17ClN2O5S/c1-7(2)4-10(12(17)20-3)15-21(18,19)8-5-9(13)11(16)14-6-8/h5-7,10,15H,4H2,1-3H3,(H,14,16). The van der Waals surface area contributed by atoms with Crippen molar-refractivity contribution in [3.8, 4) is 0 Å². The zero-order chi connectivity index (χ0) is 16.2. The summed E-state index contributed by atoms with van der Waals surface area (Å²) in [4.78, 5) is 24.8. The number of aromatic nitrogens is 1. The van der Waals surface area contributed by atoms with Gasteiger partial charge in [0.15, 0.2) is 0 Å². The molecule has 0 saturated carbocycles. The molecule has 0 spiro atoms. The lowest BCUT2D eigenvalue weighted by atomic mass is 10.1. The van der Waals surface area contributed by atoms with Gasteiger partial charge in [-0.1, -0.05) is 25.4 Å². The van der Waals surface area contributed by atoms with Crippen molar-refractivity contribution in [2.24, 2.45) is 5.92 Å². The Hall–Kier alpha value is -1.38. The quantitative estimate of drug-likeness (QED) is 0.751. The van der Waals surface area contributed by atoms with E-state index in [0.717, 1.165) is 12.3 Å². The molecule has 1 atom stereocenters. The van der Waals surface area contributed by atoms with Crippen LogP contribution in [0.1, 0.15) is 20.3 Å². The minimum absolute atomic E-state index is 0.0796. The molecular weight excluding hydrogens is 320 g/mol. The van der Waals surface area contributed by atoms with Crippen molar-refractivity contribution in [1.82, 2.24) is 9.71 Å². The molecule has 2 N–H and O–H groups in total. The van der Waals surface area contributed by atoms with E-state index in [2.05, 4.69) is 14.4 Å². The van der Waals surface area contributed by atoms with Gasteiger partial charge >= 0.3 is 5.97 Å². The van der Waals surface area contributed by atoms with E-state index in [1.807, 2.05) is 13.8 Å². The van der Waals surface area contributed by atoms with Crippen LogP contribution in [0.2, 0.25) is 5.02 Å². The number of ether oxygens (including phenoxy) is 1. The van der Waals surface area contributed by atoms with Crippen molar-refractivity contribution in [2.75, 3.05) is 7.11 Å². The molecule has 0 saturated heterocycles. The number of esters is 1.